The van der Waals surface area contributed by atoms with Crippen LogP contribution < -0.4 is 10.2 Å². The van der Waals surface area contributed by atoms with Gasteiger partial charge in [0.15, 0.2) is 5.82 Å². The predicted molar refractivity (Wildman–Crippen MR) is 142 cm³/mol. The van der Waals surface area contributed by atoms with E-state index in [1.54, 1.807) is 6.07 Å². The van der Waals surface area contributed by atoms with E-state index in [2.05, 4.69) is 32.3 Å². The second kappa shape index (κ2) is 8.86. The molecule has 0 amide bonds. The van der Waals surface area contributed by atoms with Crippen LogP contribution in [0.4, 0.5) is 10.1 Å². The van der Waals surface area contributed by atoms with Crippen LogP contribution in [0.25, 0.3) is 22.2 Å². The van der Waals surface area contributed by atoms with Crippen molar-refractivity contribution in [3.8, 4) is 0 Å². The van der Waals surface area contributed by atoms with Crippen molar-refractivity contribution in [1.29, 1.82) is 0 Å². The number of nitrogens with one attached hydrogen (secondary N) is 1. The Morgan fingerprint density at radius 1 is 1.00 bits per heavy atom. The maximum atomic E-state index is 14.6. The highest BCUT2D eigenvalue weighted by Crippen LogP contribution is 2.29. The molecule has 4 aromatic rings. The molecule has 3 aliphatic rings. The van der Waals surface area contributed by atoms with Gasteiger partial charge >= 0.3 is 0 Å². The lowest BCUT2D eigenvalue weighted by Gasteiger charge is -2.28. The first-order chi connectivity index (χ1) is 18.1. The largest absolute Gasteiger partial charge is 0.361 e. The summed E-state index contributed by atoms with van der Waals surface area (Å²) in [6.45, 7) is 4.35. The lowest BCUT2D eigenvalue weighted by Crippen LogP contribution is -2.34. The molecule has 6 heterocycles. The van der Waals surface area contributed by atoms with Gasteiger partial charge in [-0.25, -0.2) is 19.0 Å². The lowest BCUT2D eigenvalue weighted by atomic mass is 9.99. The molecule has 0 saturated heterocycles. The summed E-state index contributed by atoms with van der Waals surface area (Å²) in [4.78, 5) is 21.1. The summed E-state index contributed by atoms with van der Waals surface area (Å²) in [5.41, 5.74) is 6.15. The molecule has 3 aromatic heterocycles. The fourth-order valence-electron chi connectivity index (χ4n) is 5.00. The van der Waals surface area contributed by atoms with E-state index in [1.165, 1.54) is 12.1 Å². The maximum absolute atomic E-state index is 14.6. The Labute approximate surface area is 217 Å². The topological polar surface area (TPSA) is 84.1 Å². The SMILES string of the molecule is Fc1ccc(Cl)cc1C1=NCC=C1c1ccc2ncc(N3CCn4nc(C5=CCNC5)nc4C3)cc2n1. The van der Waals surface area contributed by atoms with Crippen molar-refractivity contribution in [2.24, 2.45) is 4.99 Å². The minimum atomic E-state index is -0.359. The van der Waals surface area contributed by atoms with Crippen LogP contribution in [-0.4, -0.2) is 56.6 Å². The van der Waals surface area contributed by atoms with E-state index in [-0.39, 0.29) is 5.82 Å². The Hall–Kier alpha value is -3.95. The van der Waals surface area contributed by atoms with Crippen LogP contribution in [0.5, 0.6) is 0 Å². The predicted octanol–water partition coefficient (Wildman–Crippen LogP) is 3.91. The summed E-state index contributed by atoms with van der Waals surface area (Å²) in [6.07, 6.45) is 5.99. The van der Waals surface area contributed by atoms with Gasteiger partial charge in [-0.05, 0) is 36.4 Å². The van der Waals surface area contributed by atoms with Gasteiger partial charge in [0.1, 0.15) is 11.6 Å². The van der Waals surface area contributed by atoms with Crippen molar-refractivity contribution in [3.63, 3.8) is 0 Å². The first-order valence-corrected chi connectivity index (χ1v) is 12.6. The second-order valence-electron chi connectivity index (χ2n) is 9.22. The third-order valence-corrected chi connectivity index (χ3v) is 7.14. The number of hydrogen-bond donors (Lipinski definition) is 1. The van der Waals surface area contributed by atoms with Crippen molar-refractivity contribution in [3.05, 3.63) is 88.5 Å². The molecule has 0 atom stereocenters. The van der Waals surface area contributed by atoms with Gasteiger partial charge < -0.3 is 10.2 Å². The second-order valence-corrected chi connectivity index (χ2v) is 9.65. The van der Waals surface area contributed by atoms with Crippen LogP contribution in [0.2, 0.25) is 5.02 Å². The highest BCUT2D eigenvalue weighted by atomic mass is 35.5. The number of allylic oxidation sites excluding steroid dienone is 1. The molecule has 10 heteroatoms. The number of aromatic nitrogens is 5. The monoisotopic (exact) mass is 512 g/mol. The van der Waals surface area contributed by atoms with E-state index in [1.807, 2.05) is 29.1 Å². The summed E-state index contributed by atoms with van der Waals surface area (Å²) >= 11 is 6.14. The van der Waals surface area contributed by atoms with Crippen LogP contribution in [0.3, 0.4) is 0 Å². The zero-order valence-corrected chi connectivity index (χ0v) is 20.6. The van der Waals surface area contributed by atoms with Crippen molar-refractivity contribution < 1.29 is 4.39 Å². The fraction of sp³-hybridized carbons (Fsp3) is 0.222. The molecule has 8 nitrogen and oxygen atoms in total. The average Bonchev–Trinajstić information content (AvgIpc) is 3.69. The van der Waals surface area contributed by atoms with Crippen molar-refractivity contribution in [2.45, 2.75) is 13.1 Å². The van der Waals surface area contributed by atoms with Crippen LogP contribution in [0, 0.1) is 5.82 Å². The summed E-state index contributed by atoms with van der Waals surface area (Å²) < 4.78 is 16.6. The third kappa shape index (κ3) is 4.00. The van der Waals surface area contributed by atoms with Gasteiger partial charge in [-0.1, -0.05) is 23.8 Å². The first kappa shape index (κ1) is 22.3. The lowest BCUT2D eigenvalue weighted by molar-refractivity contribution is 0.512. The zero-order valence-electron chi connectivity index (χ0n) is 19.8. The maximum Gasteiger partial charge on any atom is 0.178 e. The Balaban J connectivity index is 1.18. The highest BCUT2D eigenvalue weighted by molar-refractivity contribution is 6.35. The molecule has 184 valence electrons. The van der Waals surface area contributed by atoms with Crippen molar-refractivity contribution in [1.82, 2.24) is 30.0 Å². The van der Waals surface area contributed by atoms with Crippen LogP contribution in [-0.2, 0) is 13.1 Å². The number of fused-ring (bicyclic) bond motifs is 2. The van der Waals surface area contributed by atoms with Gasteiger partial charge in [0.25, 0.3) is 0 Å². The van der Waals surface area contributed by atoms with E-state index in [0.29, 0.717) is 29.4 Å². The first-order valence-electron chi connectivity index (χ1n) is 12.2. The minimum absolute atomic E-state index is 0.359. The molecule has 0 saturated carbocycles. The van der Waals surface area contributed by atoms with Gasteiger partial charge in [0.2, 0.25) is 0 Å². The van der Waals surface area contributed by atoms with Crippen LogP contribution >= 0.6 is 11.6 Å². The molecule has 1 aromatic carbocycles. The molecule has 0 radical (unpaired) electrons. The van der Waals surface area contributed by atoms with E-state index < -0.39 is 0 Å². The quantitative estimate of drug-likeness (QED) is 0.446. The molecular weight excluding hydrogens is 491 g/mol. The normalized spacial score (nSPS) is 17.1. The fourth-order valence-corrected chi connectivity index (χ4v) is 5.17. The number of rotatable bonds is 4. The molecule has 3 aliphatic heterocycles. The van der Waals surface area contributed by atoms with Gasteiger partial charge in [-0.2, -0.15) is 5.10 Å². The standard InChI is InChI=1S/C27H22ClFN8/c28-17-1-2-21(29)20(11-17)26-19(6-8-31-26)22-3-4-23-24(33-22)12-18(14-32-23)36-9-10-37-25(15-36)34-27(35-37)16-5-7-30-13-16/h1-6,11-12,14,30H,7-10,13,15H2. The number of anilines is 1. The Morgan fingerprint density at radius 2 is 1.95 bits per heavy atom. The van der Waals surface area contributed by atoms with E-state index >= 15 is 0 Å². The van der Waals surface area contributed by atoms with E-state index in [0.717, 1.165) is 71.4 Å². The Morgan fingerprint density at radius 3 is 2.84 bits per heavy atom. The molecule has 0 aliphatic carbocycles. The minimum Gasteiger partial charge on any atom is -0.361 e. The molecule has 37 heavy (non-hydrogen) atoms. The summed E-state index contributed by atoms with van der Waals surface area (Å²) in [5.74, 6) is 1.39. The smallest absolute Gasteiger partial charge is 0.178 e. The van der Waals surface area contributed by atoms with Crippen LogP contribution in [0.15, 0.2) is 59.7 Å². The summed E-state index contributed by atoms with van der Waals surface area (Å²) in [7, 11) is 0. The Kier molecular flexibility index (Phi) is 5.33. The van der Waals surface area contributed by atoms with Gasteiger partial charge in [-0.15, -0.1) is 0 Å². The molecule has 0 fully saturated rings. The summed E-state index contributed by atoms with van der Waals surface area (Å²) in [5, 5.41) is 8.47. The molecule has 1 N–H and O–H groups in total. The van der Waals surface area contributed by atoms with Crippen molar-refractivity contribution >= 4 is 45.2 Å². The molecule has 0 spiro atoms. The van der Waals surface area contributed by atoms with E-state index in [9.17, 15) is 4.39 Å². The van der Waals surface area contributed by atoms with Crippen molar-refractivity contribution in [2.75, 3.05) is 31.1 Å². The van der Waals surface area contributed by atoms with E-state index in [4.69, 9.17) is 26.7 Å². The molecular formula is C27H22ClFN8. The Bertz CT molecular complexity index is 1650. The van der Waals surface area contributed by atoms with Gasteiger partial charge in [-0.3, -0.25) is 9.98 Å². The summed E-state index contributed by atoms with van der Waals surface area (Å²) in [6, 6.07) is 10.4. The molecule has 7 rings (SSSR count). The molecule has 0 unspecified atom stereocenters. The number of pyridine rings is 2. The third-order valence-electron chi connectivity index (χ3n) is 6.91. The number of hydrogen-bond acceptors (Lipinski definition) is 7. The van der Waals surface area contributed by atoms with Crippen LogP contribution in [0.1, 0.15) is 22.9 Å². The zero-order chi connectivity index (χ0) is 24.9. The number of benzene rings is 1. The average molecular weight is 513 g/mol. The number of aliphatic imine (C=N–C) groups is 1. The van der Waals surface area contributed by atoms with Gasteiger partial charge in [0.05, 0.1) is 54.0 Å². The number of halogens is 2. The highest BCUT2D eigenvalue weighted by Gasteiger charge is 2.24. The number of nitrogens with zero attached hydrogens (tertiary/aromatic N) is 7. The molecule has 0 bridgehead atoms. The van der Waals surface area contributed by atoms with Gasteiger partial charge in [0, 0.05) is 41.4 Å².